The lowest BCUT2D eigenvalue weighted by atomic mass is 10.1. The number of nitrogens with one attached hydrogen (secondary N) is 1. The summed E-state index contributed by atoms with van der Waals surface area (Å²) >= 11 is 0. The number of aliphatic hydroxyl groups excluding tert-OH is 1. The first kappa shape index (κ1) is 14.8. The molecule has 1 aliphatic rings. The van der Waals surface area contributed by atoms with Gasteiger partial charge in [0.15, 0.2) is 0 Å². The van der Waals surface area contributed by atoms with Gasteiger partial charge in [-0.1, -0.05) is 0 Å². The summed E-state index contributed by atoms with van der Waals surface area (Å²) in [7, 11) is -1.56. The number of hydrogen-bond donors (Lipinski definition) is 2. The molecule has 1 saturated heterocycles. The van der Waals surface area contributed by atoms with E-state index in [1.54, 1.807) is 7.05 Å². The van der Waals surface area contributed by atoms with Crippen LogP contribution in [0.3, 0.4) is 0 Å². The normalized spacial score (nSPS) is 26.0. The van der Waals surface area contributed by atoms with E-state index in [4.69, 9.17) is 9.84 Å². The molecule has 7 heteroatoms. The molecule has 0 aromatic heterocycles. The zero-order valence-corrected chi connectivity index (χ0v) is 11.5. The van der Waals surface area contributed by atoms with Gasteiger partial charge in [0, 0.05) is 19.6 Å². The van der Waals surface area contributed by atoms with Crippen molar-refractivity contribution in [2.45, 2.75) is 25.6 Å². The van der Waals surface area contributed by atoms with Gasteiger partial charge >= 0.3 is 0 Å². The van der Waals surface area contributed by atoms with Gasteiger partial charge in [-0.3, -0.25) is 0 Å². The van der Waals surface area contributed by atoms with Gasteiger partial charge in [0.05, 0.1) is 24.1 Å². The lowest BCUT2D eigenvalue weighted by Gasteiger charge is -2.41. The van der Waals surface area contributed by atoms with E-state index in [0.29, 0.717) is 13.1 Å². The molecule has 0 aliphatic carbocycles. The van der Waals surface area contributed by atoms with Crippen LogP contribution in [0.1, 0.15) is 13.8 Å². The van der Waals surface area contributed by atoms with E-state index in [-0.39, 0.29) is 18.9 Å². The van der Waals surface area contributed by atoms with Crippen molar-refractivity contribution in [1.82, 2.24) is 9.62 Å². The van der Waals surface area contributed by atoms with E-state index in [0.717, 1.165) is 0 Å². The Morgan fingerprint density at radius 1 is 1.53 bits per heavy atom. The van der Waals surface area contributed by atoms with E-state index < -0.39 is 21.7 Å². The quantitative estimate of drug-likeness (QED) is 0.668. The molecule has 102 valence electrons. The number of aliphatic hydroxyl groups is 1. The van der Waals surface area contributed by atoms with Crippen LogP contribution in [-0.4, -0.2) is 68.6 Å². The van der Waals surface area contributed by atoms with Gasteiger partial charge < -0.3 is 15.2 Å². The lowest BCUT2D eigenvalue weighted by Crippen LogP contribution is -2.56. The Labute approximate surface area is 103 Å². The third-order valence-electron chi connectivity index (χ3n) is 2.66. The van der Waals surface area contributed by atoms with Crippen LogP contribution < -0.4 is 5.32 Å². The SMILES string of the molecule is CNCCS(=O)(=O)N1CC(CO)OC(C)(C)C1. The molecule has 1 atom stereocenters. The second kappa shape index (κ2) is 5.62. The summed E-state index contributed by atoms with van der Waals surface area (Å²) in [5.41, 5.74) is -0.557. The summed E-state index contributed by atoms with van der Waals surface area (Å²) in [6.45, 7) is 4.47. The van der Waals surface area contributed by atoms with Crippen LogP contribution in [-0.2, 0) is 14.8 Å². The Morgan fingerprint density at radius 3 is 2.71 bits per heavy atom. The second-order valence-electron chi connectivity index (χ2n) is 4.89. The maximum absolute atomic E-state index is 12.0. The first-order valence-corrected chi connectivity index (χ1v) is 7.33. The zero-order valence-electron chi connectivity index (χ0n) is 10.6. The van der Waals surface area contributed by atoms with Crippen molar-refractivity contribution in [3.63, 3.8) is 0 Å². The highest BCUT2D eigenvalue weighted by molar-refractivity contribution is 7.89. The van der Waals surface area contributed by atoms with Gasteiger partial charge in [0.25, 0.3) is 0 Å². The zero-order chi connectivity index (χ0) is 13.1. The molecule has 0 aromatic rings. The molecule has 1 unspecified atom stereocenters. The van der Waals surface area contributed by atoms with E-state index in [2.05, 4.69) is 5.32 Å². The van der Waals surface area contributed by atoms with Gasteiger partial charge in [-0.05, 0) is 20.9 Å². The molecular formula is C10H22N2O4S. The lowest BCUT2D eigenvalue weighted by molar-refractivity contribution is -0.131. The largest absolute Gasteiger partial charge is 0.394 e. The average Bonchev–Trinajstić information content (AvgIpc) is 2.24. The molecule has 1 fully saturated rings. The maximum atomic E-state index is 12.0. The van der Waals surface area contributed by atoms with E-state index in [1.807, 2.05) is 13.8 Å². The Bertz CT molecular complexity index is 342. The predicted molar refractivity (Wildman–Crippen MR) is 65.3 cm³/mol. The topological polar surface area (TPSA) is 78.9 Å². The Balaban J connectivity index is 2.76. The minimum atomic E-state index is -3.28. The third-order valence-corrected chi connectivity index (χ3v) is 4.44. The molecule has 0 bridgehead atoms. The summed E-state index contributed by atoms with van der Waals surface area (Å²) in [6.07, 6.45) is -0.442. The smallest absolute Gasteiger partial charge is 0.215 e. The molecule has 2 N–H and O–H groups in total. The van der Waals surface area contributed by atoms with Crippen molar-refractivity contribution in [3.8, 4) is 0 Å². The highest BCUT2D eigenvalue weighted by atomic mass is 32.2. The first-order valence-electron chi connectivity index (χ1n) is 5.72. The Kier molecular flexibility index (Phi) is 4.91. The summed E-state index contributed by atoms with van der Waals surface area (Å²) in [4.78, 5) is 0. The molecule has 17 heavy (non-hydrogen) atoms. The second-order valence-corrected chi connectivity index (χ2v) is 6.98. The van der Waals surface area contributed by atoms with Gasteiger partial charge in [0.1, 0.15) is 0 Å². The van der Waals surface area contributed by atoms with Crippen molar-refractivity contribution >= 4 is 10.0 Å². The molecule has 0 aromatic carbocycles. The van der Waals surface area contributed by atoms with Gasteiger partial charge in [-0.25, -0.2) is 8.42 Å². The predicted octanol–water partition coefficient (Wildman–Crippen LogP) is -0.993. The summed E-state index contributed by atoms with van der Waals surface area (Å²) < 4.78 is 31.1. The van der Waals surface area contributed by atoms with E-state index >= 15 is 0 Å². The molecular weight excluding hydrogens is 244 g/mol. The van der Waals surface area contributed by atoms with Crippen LogP contribution in [0, 0.1) is 0 Å². The molecule has 0 amide bonds. The van der Waals surface area contributed by atoms with Crippen LogP contribution >= 0.6 is 0 Å². The number of rotatable bonds is 5. The molecule has 0 spiro atoms. The van der Waals surface area contributed by atoms with Crippen molar-refractivity contribution in [2.75, 3.05) is 39.0 Å². The monoisotopic (exact) mass is 266 g/mol. The average molecular weight is 266 g/mol. The van der Waals surface area contributed by atoms with Crippen molar-refractivity contribution in [1.29, 1.82) is 0 Å². The van der Waals surface area contributed by atoms with Crippen LogP contribution in [0.5, 0.6) is 0 Å². The fourth-order valence-corrected chi connectivity index (χ4v) is 3.53. The van der Waals surface area contributed by atoms with Crippen LogP contribution in [0.4, 0.5) is 0 Å². The van der Waals surface area contributed by atoms with Crippen molar-refractivity contribution < 1.29 is 18.3 Å². The number of hydrogen-bond acceptors (Lipinski definition) is 5. The van der Waals surface area contributed by atoms with Gasteiger partial charge in [-0.15, -0.1) is 0 Å². The number of ether oxygens (including phenoxy) is 1. The molecule has 1 heterocycles. The molecule has 1 rings (SSSR count). The standard InChI is InChI=1S/C10H22N2O4S/c1-10(2)8-12(6-9(7-13)16-10)17(14,15)5-4-11-3/h9,11,13H,4-8H2,1-3H3. The summed E-state index contributed by atoms with van der Waals surface area (Å²) in [5, 5.41) is 11.9. The number of nitrogens with zero attached hydrogens (tertiary/aromatic N) is 1. The highest BCUT2D eigenvalue weighted by Crippen LogP contribution is 2.23. The van der Waals surface area contributed by atoms with Gasteiger partial charge in [0.2, 0.25) is 10.0 Å². The van der Waals surface area contributed by atoms with Crippen molar-refractivity contribution in [3.05, 3.63) is 0 Å². The van der Waals surface area contributed by atoms with E-state index in [1.165, 1.54) is 4.31 Å². The number of sulfonamides is 1. The molecule has 1 aliphatic heterocycles. The number of morpholine rings is 1. The molecule has 0 radical (unpaired) electrons. The Morgan fingerprint density at radius 2 is 2.18 bits per heavy atom. The Hall–Kier alpha value is -0.210. The minimum Gasteiger partial charge on any atom is -0.394 e. The molecule has 0 saturated carbocycles. The van der Waals surface area contributed by atoms with Gasteiger partial charge in [-0.2, -0.15) is 4.31 Å². The van der Waals surface area contributed by atoms with E-state index in [9.17, 15) is 8.42 Å². The first-order chi connectivity index (χ1) is 7.80. The van der Waals surface area contributed by atoms with Crippen molar-refractivity contribution in [2.24, 2.45) is 0 Å². The highest BCUT2D eigenvalue weighted by Gasteiger charge is 2.38. The fourth-order valence-electron chi connectivity index (χ4n) is 1.91. The summed E-state index contributed by atoms with van der Waals surface area (Å²) in [5.74, 6) is 0.0672. The minimum absolute atomic E-state index is 0.0672. The van der Waals surface area contributed by atoms with Crippen LogP contribution in [0.15, 0.2) is 0 Å². The summed E-state index contributed by atoms with van der Waals surface area (Å²) in [6, 6.07) is 0. The van der Waals surface area contributed by atoms with Crippen LogP contribution in [0.25, 0.3) is 0 Å². The van der Waals surface area contributed by atoms with Crippen LogP contribution in [0.2, 0.25) is 0 Å². The molecule has 6 nitrogen and oxygen atoms in total. The third kappa shape index (κ3) is 4.18. The maximum Gasteiger partial charge on any atom is 0.215 e. The fraction of sp³-hybridized carbons (Fsp3) is 1.00.